The van der Waals surface area contributed by atoms with Crippen molar-refractivity contribution < 1.29 is 5.11 Å². The number of aryl methyl sites for hydroxylation is 2. The number of aliphatic hydroxyl groups excluding tert-OH is 1. The zero-order chi connectivity index (χ0) is 18.1. The number of aliphatic hydroxyl groups is 1. The van der Waals surface area contributed by atoms with Crippen LogP contribution in [0.5, 0.6) is 0 Å². The predicted octanol–water partition coefficient (Wildman–Crippen LogP) is 3.78. The summed E-state index contributed by atoms with van der Waals surface area (Å²) in [6.45, 7) is 5.99. The minimum atomic E-state index is -0.624. The van der Waals surface area contributed by atoms with Crippen LogP contribution in [-0.2, 0) is 6.42 Å². The van der Waals surface area contributed by atoms with E-state index in [-0.39, 0.29) is 0 Å². The molecule has 25 heavy (non-hydrogen) atoms. The van der Waals surface area contributed by atoms with Crippen LogP contribution in [0.15, 0.2) is 22.5 Å². The van der Waals surface area contributed by atoms with Gasteiger partial charge in [0.15, 0.2) is 5.96 Å². The van der Waals surface area contributed by atoms with E-state index in [1.807, 2.05) is 19.9 Å². The number of nitrogens with zero attached hydrogens (tertiary/aromatic N) is 2. The minimum Gasteiger partial charge on any atom is -0.386 e. The van der Waals surface area contributed by atoms with Gasteiger partial charge in [0, 0.05) is 29.0 Å². The van der Waals surface area contributed by atoms with Crippen LogP contribution in [0.2, 0.25) is 4.34 Å². The summed E-state index contributed by atoms with van der Waals surface area (Å²) in [6, 6.07) is 3.63. The fourth-order valence-corrected chi connectivity index (χ4v) is 4.10. The number of halogens is 1. The molecule has 5 nitrogen and oxygen atoms in total. The van der Waals surface area contributed by atoms with Crippen molar-refractivity contribution in [1.82, 2.24) is 15.6 Å². The molecule has 2 heterocycles. The first-order valence-electron chi connectivity index (χ1n) is 8.45. The molecule has 0 amide bonds. The molecule has 0 spiro atoms. The van der Waals surface area contributed by atoms with Crippen LogP contribution in [-0.4, -0.2) is 35.7 Å². The largest absolute Gasteiger partial charge is 0.386 e. The molecule has 0 aliphatic carbocycles. The first kappa shape index (κ1) is 20.2. The number of nitrogens with one attached hydrogen (secondary N) is 2. The molecule has 0 bridgehead atoms. The molecule has 1 atom stereocenters. The van der Waals surface area contributed by atoms with E-state index in [2.05, 4.69) is 26.0 Å². The van der Waals surface area contributed by atoms with Crippen molar-refractivity contribution in [2.45, 2.75) is 39.2 Å². The van der Waals surface area contributed by atoms with E-state index in [1.165, 1.54) is 16.3 Å². The molecule has 0 saturated heterocycles. The topological polar surface area (TPSA) is 69.5 Å². The predicted molar refractivity (Wildman–Crippen MR) is 108 cm³/mol. The van der Waals surface area contributed by atoms with Crippen molar-refractivity contribution in [2.24, 2.45) is 4.99 Å². The lowest BCUT2D eigenvalue weighted by Gasteiger charge is -2.12. The molecule has 0 radical (unpaired) electrons. The maximum atomic E-state index is 10.2. The molecule has 8 heteroatoms. The fourth-order valence-electron chi connectivity index (χ4n) is 2.24. The Balaban J connectivity index is 1.71. The van der Waals surface area contributed by atoms with Crippen LogP contribution >= 0.6 is 34.3 Å². The lowest BCUT2D eigenvalue weighted by atomic mass is 10.2. The van der Waals surface area contributed by atoms with Crippen LogP contribution in [0.1, 0.15) is 41.4 Å². The molecule has 0 fully saturated rings. The van der Waals surface area contributed by atoms with Gasteiger partial charge in [0.25, 0.3) is 0 Å². The Kier molecular flexibility index (Phi) is 8.67. The van der Waals surface area contributed by atoms with Crippen molar-refractivity contribution in [3.8, 4) is 0 Å². The summed E-state index contributed by atoms with van der Waals surface area (Å²) < 4.78 is 0.679. The lowest BCUT2D eigenvalue weighted by Crippen LogP contribution is -2.38. The summed E-state index contributed by atoms with van der Waals surface area (Å²) in [7, 11) is 0. The third-order valence-corrected chi connectivity index (χ3v) is 5.82. The van der Waals surface area contributed by atoms with Gasteiger partial charge in [-0.05, 0) is 45.2 Å². The van der Waals surface area contributed by atoms with Gasteiger partial charge in [0.05, 0.1) is 15.9 Å². The van der Waals surface area contributed by atoms with Crippen molar-refractivity contribution in [2.75, 3.05) is 19.6 Å². The van der Waals surface area contributed by atoms with E-state index in [9.17, 15) is 5.11 Å². The zero-order valence-corrected chi connectivity index (χ0v) is 17.0. The summed E-state index contributed by atoms with van der Waals surface area (Å²) in [4.78, 5) is 9.77. The van der Waals surface area contributed by atoms with Gasteiger partial charge < -0.3 is 15.7 Å². The Bertz CT molecular complexity index is 671. The Hall–Kier alpha value is -1.15. The number of thiazole rings is 1. The second-order valence-electron chi connectivity index (χ2n) is 5.64. The Morgan fingerprint density at radius 1 is 1.36 bits per heavy atom. The molecule has 2 rings (SSSR count). The van der Waals surface area contributed by atoms with E-state index in [0.29, 0.717) is 10.9 Å². The van der Waals surface area contributed by atoms with E-state index in [1.54, 1.807) is 17.4 Å². The number of hydrogen-bond donors (Lipinski definition) is 3. The van der Waals surface area contributed by atoms with E-state index in [0.717, 1.165) is 48.9 Å². The molecule has 1 unspecified atom stereocenters. The molecule has 138 valence electrons. The van der Waals surface area contributed by atoms with Gasteiger partial charge in [-0.15, -0.1) is 22.7 Å². The summed E-state index contributed by atoms with van der Waals surface area (Å²) in [5, 5.41) is 20.0. The molecular weight excluding hydrogens is 376 g/mol. The van der Waals surface area contributed by atoms with Gasteiger partial charge in [-0.1, -0.05) is 11.6 Å². The Morgan fingerprint density at radius 2 is 2.20 bits per heavy atom. The van der Waals surface area contributed by atoms with Gasteiger partial charge in [0.1, 0.15) is 6.10 Å². The molecule has 2 aromatic rings. The number of thiophene rings is 1. The van der Waals surface area contributed by atoms with E-state index in [4.69, 9.17) is 11.6 Å². The number of aromatic nitrogens is 1. The van der Waals surface area contributed by atoms with Crippen LogP contribution in [0.3, 0.4) is 0 Å². The van der Waals surface area contributed by atoms with Crippen LogP contribution < -0.4 is 10.6 Å². The molecule has 2 aromatic heterocycles. The highest BCUT2D eigenvalue weighted by Gasteiger charge is 2.10. The van der Waals surface area contributed by atoms with Gasteiger partial charge in [-0.3, -0.25) is 4.99 Å². The molecule has 0 aromatic carbocycles. The van der Waals surface area contributed by atoms with Gasteiger partial charge >= 0.3 is 0 Å². The smallest absolute Gasteiger partial charge is 0.191 e. The minimum absolute atomic E-state index is 0.310. The van der Waals surface area contributed by atoms with E-state index < -0.39 is 6.10 Å². The summed E-state index contributed by atoms with van der Waals surface area (Å²) in [6.07, 6.45) is 2.54. The maximum absolute atomic E-state index is 10.2. The van der Waals surface area contributed by atoms with Gasteiger partial charge in [-0.2, -0.15) is 0 Å². The maximum Gasteiger partial charge on any atom is 0.191 e. The Labute approximate surface area is 162 Å². The Morgan fingerprint density at radius 3 is 2.84 bits per heavy atom. The number of hydrogen-bond acceptors (Lipinski definition) is 5. The van der Waals surface area contributed by atoms with Crippen LogP contribution in [0.4, 0.5) is 0 Å². The average Bonchev–Trinajstić information content (AvgIpc) is 3.20. The van der Waals surface area contributed by atoms with Crippen molar-refractivity contribution in [3.63, 3.8) is 0 Å². The standard InChI is InChI=1S/C17H25ClN4OS2/c1-3-19-17(21-10-13(23)14-7-8-15(18)25-14)20-9-5-4-6-16-22-12(2)11-24-16/h7-8,11,13,23H,3-6,9-10H2,1-2H3,(H2,19,20,21). The lowest BCUT2D eigenvalue weighted by molar-refractivity contribution is 0.191. The monoisotopic (exact) mass is 400 g/mol. The molecule has 3 N–H and O–H groups in total. The van der Waals surface area contributed by atoms with Gasteiger partial charge in [0.2, 0.25) is 0 Å². The number of unbranched alkanes of at least 4 members (excludes halogenated alkanes) is 1. The van der Waals surface area contributed by atoms with Crippen molar-refractivity contribution in [1.29, 1.82) is 0 Å². The van der Waals surface area contributed by atoms with Crippen LogP contribution in [0.25, 0.3) is 0 Å². The number of guanidine groups is 1. The highest BCUT2D eigenvalue weighted by atomic mass is 35.5. The zero-order valence-electron chi connectivity index (χ0n) is 14.6. The normalized spacial score (nSPS) is 13.0. The number of aliphatic imine (C=N–C) groups is 1. The highest BCUT2D eigenvalue weighted by Crippen LogP contribution is 2.26. The fraction of sp³-hybridized carbons (Fsp3) is 0.529. The third kappa shape index (κ3) is 7.32. The molecular formula is C17H25ClN4OS2. The second-order valence-corrected chi connectivity index (χ2v) is 8.33. The molecule has 0 aliphatic rings. The molecule has 0 aliphatic heterocycles. The first-order valence-corrected chi connectivity index (χ1v) is 10.5. The van der Waals surface area contributed by atoms with Crippen molar-refractivity contribution >= 4 is 40.2 Å². The van der Waals surface area contributed by atoms with E-state index >= 15 is 0 Å². The van der Waals surface area contributed by atoms with Gasteiger partial charge in [-0.25, -0.2) is 4.98 Å². The highest BCUT2D eigenvalue weighted by molar-refractivity contribution is 7.16. The summed E-state index contributed by atoms with van der Waals surface area (Å²) >= 11 is 9.02. The number of rotatable bonds is 9. The summed E-state index contributed by atoms with van der Waals surface area (Å²) in [5.74, 6) is 0.731. The first-order chi connectivity index (χ1) is 12.1. The summed E-state index contributed by atoms with van der Waals surface area (Å²) in [5.41, 5.74) is 1.10. The quantitative estimate of drug-likeness (QED) is 0.340. The molecule has 0 saturated carbocycles. The third-order valence-electron chi connectivity index (χ3n) is 3.47. The van der Waals surface area contributed by atoms with Crippen molar-refractivity contribution in [3.05, 3.63) is 37.4 Å². The average molecular weight is 401 g/mol. The second kappa shape index (κ2) is 10.8. The SMILES string of the molecule is CCNC(=NCC(O)c1ccc(Cl)s1)NCCCCc1nc(C)cs1. The van der Waals surface area contributed by atoms with Crippen LogP contribution in [0, 0.1) is 6.92 Å².